The van der Waals surface area contributed by atoms with E-state index in [0.717, 1.165) is 21.8 Å². The minimum absolute atomic E-state index is 0.0229. The molecule has 1 aromatic heterocycles. The van der Waals surface area contributed by atoms with Crippen LogP contribution in [0.4, 0.5) is 5.13 Å². The average molecular weight is 336 g/mol. The molecule has 4 nitrogen and oxygen atoms in total. The molecule has 2 unspecified atom stereocenters. The zero-order valence-electron chi connectivity index (χ0n) is 13.1. The number of anilines is 1. The number of benzene rings is 2. The van der Waals surface area contributed by atoms with Crippen LogP contribution in [0.3, 0.4) is 0 Å². The fourth-order valence-corrected chi connectivity index (χ4v) is 3.72. The number of carbonyl (C=O) groups excluding carboxylic acids is 1. The lowest BCUT2D eigenvalue weighted by Crippen LogP contribution is -2.33. The van der Waals surface area contributed by atoms with Gasteiger partial charge in [-0.3, -0.25) is 10.1 Å². The van der Waals surface area contributed by atoms with E-state index in [1.54, 1.807) is 6.20 Å². The summed E-state index contributed by atoms with van der Waals surface area (Å²) < 4.78 is 5.81. The standard InChI is InChI=1S/C19H16N2O2S/c1-12-14-9-5-6-10-15(14)23-17(12)18(22)21-19-20-11-16(24-19)13-7-3-2-4-8-13/h2-12,17H,1H3,(H,20,21,22). The van der Waals surface area contributed by atoms with E-state index in [2.05, 4.69) is 10.3 Å². The van der Waals surface area contributed by atoms with Crippen LogP contribution < -0.4 is 10.1 Å². The highest BCUT2D eigenvalue weighted by Crippen LogP contribution is 2.38. The van der Waals surface area contributed by atoms with E-state index < -0.39 is 6.10 Å². The number of nitrogens with one attached hydrogen (secondary N) is 1. The highest BCUT2D eigenvalue weighted by atomic mass is 32.1. The van der Waals surface area contributed by atoms with Crippen molar-refractivity contribution >= 4 is 22.4 Å². The van der Waals surface area contributed by atoms with Gasteiger partial charge in [0, 0.05) is 17.7 Å². The maximum Gasteiger partial charge on any atom is 0.267 e. The van der Waals surface area contributed by atoms with Crippen LogP contribution in [-0.2, 0) is 4.79 Å². The van der Waals surface area contributed by atoms with Gasteiger partial charge in [-0.15, -0.1) is 0 Å². The minimum Gasteiger partial charge on any atom is -0.480 e. The number of thiazole rings is 1. The molecule has 2 aromatic carbocycles. The Bertz CT molecular complexity index is 876. The van der Waals surface area contributed by atoms with E-state index in [9.17, 15) is 4.79 Å². The summed E-state index contributed by atoms with van der Waals surface area (Å²) in [5.41, 5.74) is 2.16. The van der Waals surface area contributed by atoms with Gasteiger partial charge in [0.25, 0.3) is 5.91 Å². The molecule has 0 bridgehead atoms. The predicted octanol–water partition coefficient (Wildman–Crippen LogP) is 4.31. The first-order chi connectivity index (χ1) is 11.7. The molecule has 120 valence electrons. The van der Waals surface area contributed by atoms with E-state index in [-0.39, 0.29) is 11.8 Å². The van der Waals surface area contributed by atoms with Crippen LogP contribution in [-0.4, -0.2) is 17.0 Å². The number of carbonyl (C=O) groups is 1. The second-order valence-electron chi connectivity index (χ2n) is 5.75. The van der Waals surface area contributed by atoms with Gasteiger partial charge in [-0.05, 0) is 11.6 Å². The van der Waals surface area contributed by atoms with Gasteiger partial charge in [0.15, 0.2) is 11.2 Å². The monoisotopic (exact) mass is 336 g/mol. The molecule has 5 heteroatoms. The summed E-state index contributed by atoms with van der Waals surface area (Å²) >= 11 is 1.46. The van der Waals surface area contributed by atoms with Gasteiger partial charge >= 0.3 is 0 Å². The number of para-hydroxylation sites is 1. The van der Waals surface area contributed by atoms with Gasteiger partial charge < -0.3 is 4.74 Å². The van der Waals surface area contributed by atoms with Gasteiger partial charge in [-0.1, -0.05) is 66.8 Å². The molecule has 4 rings (SSSR count). The molecule has 0 saturated heterocycles. The molecule has 0 radical (unpaired) electrons. The summed E-state index contributed by atoms with van der Waals surface area (Å²) in [6, 6.07) is 17.8. The van der Waals surface area contributed by atoms with Crippen molar-refractivity contribution in [1.82, 2.24) is 4.98 Å². The third-order valence-electron chi connectivity index (χ3n) is 4.17. The van der Waals surface area contributed by atoms with Gasteiger partial charge in [0.1, 0.15) is 5.75 Å². The number of hydrogen-bond donors (Lipinski definition) is 1. The minimum atomic E-state index is -0.522. The van der Waals surface area contributed by atoms with E-state index in [4.69, 9.17) is 4.74 Å². The molecule has 1 N–H and O–H groups in total. The molecule has 24 heavy (non-hydrogen) atoms. The molecule has 0 aliphatic carbocycles. The van der Waals surface area contributed by atoms with Crippen molar-refractivity contribution in [3.05, 3.63) is 66.4 Å². The normalized spacial score (nSPS) is 18.7. The van der Waals surface area contributed by atoms with Gasteiger partial charge in [-0.2, -0.15) is 0 Å². The number of aromatic nitrogens is 1. The largest absolute Gasteiger partial charge is 0.480 e. The molecule has 1 amide bonds. The second kappa shape index (κ2) is 6.09. The molecule has 2 heterocycles. The number of fused-ring (bicyclic) bond motifs is 1. The zero-order valence-corrected chi connectivity index (χ0v) is 13.9. The van der Waals surface area contributed by atoms with Crippen LogP contribution in [0.1, 0.15) is 18.4 Å². The summed E-state index contributed by atoms with van der Waals surface area (Å²) in [7, 11) is 0. The van der Waals surface area contributed by atoms with Crippen LogP contribution in [0.5, 0.6) is 5.75 Å². The maximum atomic E-state index is 12.6. The Balaban J connectivity index is 1.49. The third-order valence-corrected chi connectivity index (χ3v) is 5.13. The molecule has 3 aromatic rings. The van der Waals surface area contributed by atoms with Crippen LogP contribution in [0.25, 0.3) is 10.4 Å². The van der Waals surface area contributed by atoms with E-state index in [1.165, 1.54) is 11.3 Å². The fraction of sp³-hybridized carbons (Fsp3) is 0.158. The molecule has 2 atom stereocenters. The lowest BCUT2D eigenvalue weighted by Gasteiger charge is -2.13. The maximum absolute atomic E-state index is 12.6. The molecule has 0 spiro atoms. The molecule has 0 fully saturated rings. The summed E-state index contributed by atoms with van der Waals surface area (Å²) in [6.45, 7) is 2.01. The number of ether oxygens (including phenoxy) is 1. The average Bonchev–Trinajstić information content (AvgIpc) is 3.21. The van der Waals surface area contributed by atoms with Crippen molar-refractivity contribution in [2.45, 2.75) is 18.9 Å². The first-order valence-electron chi connectivity index (χ1n) is 7.80. The van der Waals surface area contributed by atoms with Crippen molar-refractivity contribution in [3.8, 4) is 16.2 Å². The van der Waals surface area contributed by atoms with Crippen LogP contribution in [0, 0.1) is 0 Å². The predicted molar refractivity (Wildman–Crippen MR) is 95.5 cm³/mol. The highest BCUT2D eigenvalue weighted by Gasteiger charge is 2.36. The van der Waals surface area contributed by atoms with Crippen LogP contribution in [0.2, 0.25) is 0 Å². The summed E-state index contributed by atoms with van der Waals surface area (Å²) in [5, 5.41) is 3.47. The smallest absolute Gasteiger partial charge is 0.267 e. The van der Waals surface area contributed by atoms with Crippen molar-refractivity contribution in [2.24, 2.45) is 0 Å². The molecule has 0 saturated carbocycles. The van der Waals surface area contributed by atoms with Gasteiger partial charge in [-0.25, -0.2) is 4.98 Å². The molecular formula is C19H16N2O2S. The Hall–Kier alpha value is -2.66. The van der Waals surface area contributed by atoms with E-state index in [0.29, 0.717) is 5.13 Å². The number of rotatable bonds is 3. The summed E-state index contributed by atoms with van der Waals surface area (Å²) in [5.74, 6) is 0.650. The SMILES string of the molecule is CC1c2ccccc2OC1C(=O)Nc1ncc(-c2ccccc2)s1. The van der Waals surface area contributed by atoms with Crippen molar-refractivity contribution in [3.63, 3.8) is 0 Å². The molecular weight excluding hydrogens is 320 g/mol. The second-order valence-corrected chi connectivity index (χ2v) is 6.78. The Kier molecular flexibility index (Phi) is 3.78. The Labute approximate surface area is 144 Å². The summed E-state index contributed by atoms with van der Waals surface area (Å²) in [4.78, 5) is 17.9. The van der Waals surface area contributed by atoms with E-state index in [1.807, 2.05) is 61.5 Å². The first-order valence-corrected chi connectivity index (χ1v) is 8.62. The lowest BCUT2D eigenvalue weighted by molar-refractivity contribution is -0.122. The van der Waals surface area contributed by atoms with Crippen LogP contribution in [0.15, 0.2) is 60.8 Å². The zero-order chi connectivity index (χ0) is 16.5. The van der Waals surface area contributed by atoms with Crippen molar-refractivity contribution < 1.29 is 9.53 Å². The van der Waals surface area contributed by atoms with Crippen molar-refractivity contribution in [2.75, 3.05) is 5.32 Å². The van der Waals surface area contributed by atoms with E-state index >= 15 is 0 Å². The highest BCUT2D eigenvalue weighted by molar-refractivity contribution is 7.19. The van der Waals surface area contributed by atoms with Gasteiger partial charge in [0.05, 0.1) is 4.88 Å². The van der Waals surface area contributed by atoms with Crippen molar-refractivity contribution in [1.29, 1.82) is 0 Å². The Morgan fingerprint density at radius 1 is 1.12 bits per heavy atom. The number of nitrogens with zero attached hydrogens (tertiary/aromatic N) is 1. The Morgan fingerprint density at radius 3 is 2.67 bits per heavy atom. The van der Waals surface area contributed by atoms with Gasteiger partial charge in [0.2, 0.25) is 0 Å². The lowest BCUT2D eigenvalue weighted by atomic mass is 9.97. The number of amides is 1. The molecule has 1 aliphatic heterocycles. The van der Waals surface area contributed by atoms with Crippen LogP contribution >= 0.6 is 11.3 Å². The number of hydrogen-bond acceptors (Lipinski definition) is 4. The summed E-state index contributed by atoms with van der Waals surface area (Å²) in [6.07, 6.45) is 1.26. The Morgan fingerprint density at radius 2 is 1.88 bits per heavy atom. The third kappa shape index (κ3) is 2.67. The fourth-order valence-electron chi connectivity index (χ4n) is 2.89. The quantitative estimate of drug-likeness (QED) is 0.775. The molecule has 1 aliphatic rings. The first kappa shape index (κ1) is 14.9. The topological polar surface area (TPSA) is 51.2 Å².